The molecule has 1 saturated heterocycles. The molecule has 2 aromatic carbocycles. The van der Waals surface area contributed by atoms with Crippen molar-refractivity contribution in [1.82, 2.24) is 20.0 Å². The van der Waals surface area contributed by atoms with E-state index in [1.807, 2.05) is 48.5 Å². The second-order valence-corrected chi connectivity index (χ2v) is 9.50. The lowest BCUT2D eigenvalue weighted by atomic mass is 10.0. The highest BCUT2D eigenvalue weighted by atomic mass is 35.5. The van der Waals surface area contributed by atoms with Crippen molar-refractivity contribution in [3.05, 3.63) is 75.2 Å². The number of nitrogens with zero attached hydrogens (tertiary/aromatic N) is 3. The van der Waals surface area contributed by atoms with Gasteiger partial charge in [-0.1, -0.05) is 48.9 Å². The predicted octanol–water partition coefficient (Wildman–Crippen LogP) is 4.83. The van der Waals surface area contributed by atoms with Crippen LogP contribution in [0.3, 0.4) is 0 Å². The summed E-state index contributed by atoms with van der Waals surface area (Å²) < 4.78 is 1.66. The average molecular weight is 518 g/mol. The fourth-order valence-corrected chi connectivity index (χ4v) is 4.87. The minimum Gasteiger partial charge on any atom is -0.356 e. The highest BCUT2D eigenvalue weighted by molar-refractivity contribution is 6.30. The van der Waals surface area contributed by atoms with E-state index in [-0.39, 0.29) is 29.9 Å². The van der Waals surface area contributed by atoms with Crippen LogP contribution in [0.2, 0.25) is 5.02 Å². The van der Waals surface area contributed by atoms with Gasteiger partial charge in [0.15, 0.2) is 0 Å². The van der Waals surface area contributed by atoms with Crippen LogP contribution in [0.5, 0.6) is 0 Å². The van der Waals surface area contributed by atoms with E-state index in [9.17, 15) is 9.59 Å². The highest BCUT2D eigenvalue weighted by Gasteiger charge is 2.26. The molecule has 35 heavy (non-hydrogen) atoms. The Kier molecular flexibility index (Phi) is 10.1. The van der Waals surface area contributed by atoms with Crippen molar-refractivity contribution >= 4 is 40.7 Å². The van der Waals surface area contributed by atoms with Gasteiger partial charge in [-0.05, 0) is 62.5 Å². The number of halogens is 2. The number of likely N-dealkylation sites (tertiary alicyclic amines) is 1. The first kappa shape index (κ1) is 27.2. The van der Waals surface area contributed by atoms with Gasteiger partial charge in [0, 0.05) is 35.8 Å². The third-order valence-corrected chi connectivity index (χ3v) is 6.79. The molecule has 0 radical (unpaired) electrons. The lowest BCUT2D eigenvalue weighted by Gasteiger charge is -2.25. The van der Waals surface area contributed by atoms with Crippen molar-refractivity contribution in [2.45, 2.75) is 58.0 Å². The van der Waals surface area contributed by atoms with E-state index in [1.54, 1.807) is 4.68 Å². The predicted molar refractivity (Wildman–Crippen MR) is 145 cm³/mol. The molecule has 8 heteroatoms. The molecule has 1 aromatic heterocycles. The normalized spacial score (nSPS) is 15.8. The number of amides is 1. The number of benzene rings is 2. The van der Waals surface area contributed by atoms with Gasteiger partial charge in [-0.25, -0.2) is 4.68 Å². The molecule has 0 unspecified atom stereocenters. The molecule has 1 aliphatic heterocycles. The molecule has 1 aliphatic rings. The van der Waals surface area contributed by atoms with E-state index in [0.717, 1.165) is 62.0 Å². The minimum atomic E-state index is -0.0405. The number of rotatable bonds is 10. The molecular formula is C27H34Cl2N4O2. The Hall–Kier alpha value is -2.41. The van der Waals surface area contributed by atoms with Crippen molar-refractivity contribution in [2.24, 2.45) is 0 Å². The summed E-state index contributed by atoms with van der Waals surface area (Å²) in [5.41, 5.74) is 1.96. The van der Waals surface area contributed by atoms with Crippen LogP contribution < -0.4 is 10.9 Å². The van der Waals surface area contributed by atoms with Crippen molar-refractivity contribution in [3.8, 4) is 0 Å². The number of fused-ring (bicyclic) bond motifs is 1. The standard InChI is InChI=1S/C27H33ClN4O2.ClH/c1-2-15-29-26(33)10-6-17-31-16-5-7-22(31)19-32-27(34)24-9-4-3-8-23(24)25(30-32)18-20-11-13-21(28)14-12-20;/h3-4,8-9,11-14,22H,2,5-7,10,15-19H2,1H3,(H,29,33);1H/t22-;/m1./s1. The summed E-state index contributed by atoms with van der Waals surface area (Å²) in [5.74, 6) is 0.122. The summed E-state index contributed by atoms with van der Waals surface area (Å²) in [5, 5.41) is 10.1. The fourth-order valence-electron chi connectivity index (χ4n) is 4.75. The van der Waals surface area contributed by atoms with Crippen LogP contribution in [0, 0.1) is 0 Å². The molecule has 2 heterocycles. The van der Waals surface area contributed by atoms with Crippen molar-refractivity contribution in [2.75, 3.05) is 19.6 Å². The van der Waals surface area contributed by atoms with Crippen LogP contribution in [0.25, 0.3) is 10.8 Å². The van der Waals surface area contributed by atoms with Crippen molar-refractivity contribution in [3.63, 3.8) is 0 Å². The molecule has 6 nitrogen and oxygen atoms in total. The quantitative estimate of drug-likeness (QED) is 0.418. The summed E-state index contributed by atoms with van der Waals surface area (Å²) in [6.45, 7) is 5.23. The molecule has 188 valence electrons. The molecule has 0 saturated carbocycles. The molecule has 0 aliphatic carbocycles. The van der Waals surface area contributed by atoms with Gasteiger partial charge in [0.1, 0.15) is 0 Å². The summed E-state index contributed by atoms with van der Waals surface area (Å²) in [6, 6.07) is 15.8. The van der Waals surface area contributed by atoms with Gasteiger partial charge in [-0.15, -0.1) is 12.4 Å². The van der Waals surface area contributed by atoms with Crippen LogP contribution in [-0.2, 0) is 17.8 Å². The van der Waals surface area contributed by atoms with Gasteiger partial charge in [-0.3, -0.25) is 14.5 Å². The summed E-state index contributed by atoms with van der Waals surface area (Å²) in [6.07, 6.45) is 5.10. The van der Waals surface area contributed by atoms with Crippen LogP contribution in [-0.4, -0.2) is 46.3 Å². The van der Waals surface area contributed by atoms with E-state index in [4.69, 9.17) is 16.7 Å². The van der Waals surface area contributed by atoms with Crippen LogP contribution >= 0.6 is 24.0 Å². The van der Waals surface area contributed by atoms with Crippen molar-refractivity contribution < 1.29 is 4.79 Å². The van der Waals surface area contributed by atoms with Crippen LogP contribution in [0.15, 0.2) is 53.3 Å². The fraction of sp³-hybridized carbons (Fsp3) is 0.444. The molecule has 0 bridgehead atoms. The maximum absolute atomic E-state index is 13.3. The average Bonchev–Trinajstić information content (AvgIpc) is 3.29. The second-order valence-electron chi connectivity index (χ2n) is 9.07. The molecule has 3 aromatic rings. The lowest BCUT2D eigenvalue weighted by Crippen LogP contribution is -2.38. The first-order valence-electron chi connectivity index (χ1n) is 12.3. The monoisotopic (exact) mass is 516 g/mol. The maximum Gasteiger partial charge on any atom is 0.274 e. The summed E-state index contributed by atoms with van der Waals surface area (Å²) in [7, 11) is 0. The number of carbonyl (C=O) groups is 1. The van der Waals surface area contributed by atoms with Crippen LogP contribution in [0.4, 0.5) is 0 Å². The van der Waals surface area contributed by atoms with Gasteiger partial charge < -0.3 is 5.32 Å². The number of hydrogen-bond donors (Lipinski definition) is 1. The Balaban J connectivity index is 0.00000342. The van der Waals surface area contributed by atoms with Crippen molar-refractivity contribution in [1.29, 1.82) is 0 Å². The zero-order valence-electron chi connectivity index (χ0n) is 20.2. The molecule has 1 fully saturated rings. The molecule has 1 atom stereocenters. The minimum absolute atomic E-state index is 0. The molecule has 0 spiro atoms. The molecule has 1 amide bonds. The maximum atomic E-state index is 13.3. The van der Waals surface area contributed by atoms with Crippen LogP contribution in [0.1, 0.15) is 50.3 Å². The van der Waals surface area contributed by atoms with Gasteiger partial charge in [0.05, 0.1) is 17.6 Å². The Morgan fingerprint density at radius 3 is 2.63 bits per heavy atom. The first-order chi connectivity index (χ1) is 16.5. The Morgan fingerprint density at radius 1 is 1.14 bits per heavy atom. The number of nitrogens with one attached hydrogen (secondary N) is 1. The van der Waals surface area contributed by atoms with Gasteiger partial charge >= 0.3 is 0 Å². The molecule has 1 N–H and O–H groups in total. The highest BCUT2D eigenvalue weighted by Crippen LogP contribution is 2.21. The van der Waals surface area contributed by atoms with Gasteiger partial charge in [-0.2, -0.15) is 5.10 Å². The van der Waals surface area contributed by atoms with E-state index >= 15 is 0 Å². The first-order valence-corrected chi connectivity index (χ1v) is 12.7. The molecule has 4 rings (SSSR count). The number of hydrogen-bond acceptors (Lipinski definition) is 4. The SMILES string of the molecule is CCCNC(=O)CCCN1CCC[C@@H]1Cn1nc(Cc2ccc(Cl)cc2)c2ccccc2c1=O.Cl. The van der Waals surface area contributed by atoms with E-state index in [2.05, 4.69) is 17.1 Å². The number of aromatic nitrogens is 2. The Morgan fingerprint density at radius 2 is 1.89 bits per heavy atom. The third kappa shape index (κ3) is 7.06. The zero-order valence-corrected chi connectivity index (χ0v) is 21.8. The Bertz CT molecular complexity index is 1180. The summed E-state index contributed by atoms with van der Waals surface area (Å²) >= 11 is 6.05. The van der Waals surface area contributed by atoms with E-state index in [0.29, 0.717) is 29.8 Å². The smallest absolute Gasteiger partial charge is 0.274 e. The largest absolute Gasteiger partial charge is 0.356 e. The Labute approximate surface area is 218 Å². The molecular weight excluding hydrogens is 483 g/mol. The lowest BCUT2D eigenvalue weighted by molar-refractivity contribution is -0.121. The second kappa shape index (κ2) is 13.1. The summed E-state index contributed by atoms with van der Waals surface area (Å²) in [4.78, 5) is 27.6. The van der Waals surface area contributed by atoms with E-state index < -0.39 is 0 Å². The zero-order chi connectivity index (χ0) is 23.9. The topological polar surface area (TPSA) is 67.2 Å². The van der Waals surface area contributed by atoms with Gasteiger partial charge in [0.25, 0.3) is 5.56 Å². The van der Waals surface area contributed by atoms with Gasteiger partial charge in [0.2, 0.25) is 5.91 Å². The van der Waals surface area contributed by atoms with E-state index in [1.165, 1.54) is 0 Å². The third-order valence-electron chi connectivity index (χ3n) is 6.53. The number of carbonyl (C=O) groups excluding carboxylic acids is 1.